The smallest absolute Gasteiger partial charge is 0.303 e. The van der Waals surface area contributed by atoms with Crippen LogP contribution in [0.5, 0.6) is 5.88 Å². The molecule has 1 aromatic heterocycles. The number of H-pyrrole nitrogens is 1. The number of aromatic nitrogens is 2. The topological polar surface area (TPSA) is 224 Å². The van der Waals surface area contributed by atoms with Gasteiger partial charge in [-0.15, -0.1) is 0 Å². The highest BCUT2D eigenvalue weighted by atomic mass is 16.7. The molecule has 3 heterocycles. The monoisotopic (exact) mass is 572 g/mol. The second-order valence-electron chi connectivity index (χ2n) is 10.7. The molecule has 7 unspecified atom stereocenters. The van der Waals surface area contributed by atoms with Gasteiger partial charge < -0.3 is 45.4 Å². The van der Waals surface area contributed by atoms with Crippen molar-refractivity contribution in [2.45, 2.75) is 82.4 Å². The minimum atomic E-state index is -2.16. The van der Waals surface area contributed by atoms with Gasteiger partial charge in [-0.1, -0.05) is 0 Å². The van der Waals surface area contributed by atoms with Gasteiger partial charge in [0.05, 0.1) is 52.7 Å². The number of aliphatic hydroxyl groups excluding tert-OH is 3. The molecular formula is C27H32N4O10. The van der Waals surface area contributed by atoms with E-state index in [1.165, 1.54) is 26.0 Å². The van der Waals surface area contributed by atoms with E-state index in [4.69, 9.17) is 19.6 Å². The molecule has 1 amide bonds. The van der Waals surface area contributed by atoms with Crippen molar-refractivity contribution in [3.05, 3.63) is 38.8 Å². The largest absolute Gasteiger partial charge is 0.493 e. The van der Waals surface area contributed by atoms with E-state index in [2.05, 4.69) is 15.5 Å². The van der Waals surface area contributed by atoms with E-state index < -0.39 is 65.6 Å². The third-order valence-corrected chi connectivity index (χ3v) is 7.61. The van der Waals surface area contributed by atoms with E-state index >= 15 is 0 Å². The highest BCUT2D eigenvalue weighted by molar-refractivity contribution is 6.11. The Balaban J connectivity index is 1.69. The molecule has 7 N–H and O–H groups in total. The minimum Gasteiger partial charge on any atom is -0.493 e. The number of aromatic amines is 1. The summed E-state index contributed by atoms with van der Waals surface area (Å²) in [5.74, 6) is -3.76. The second-order valence-corrected chi connectivity index (χ2v) is 10.7. The van der Waals surface area contributed by atoms with E-state index in [1.807, 2.05) is 0 Å². The van der Waals surface area contributed by atoms with Crippen LogP contribution in [0.25, 0.3) is 21.7 Å². The van der Waals surface area contributed by atoms with Crippen LogP contribution in [0.3, 0.4) is 0 Å². The average molecular weight is 573 g/mol. The number of benzene rings is 2. The number of carbonyl (C=O) groups excluding carboxylic acids is 2. The fourth-order valence-electron chi connectivity index (χ4n) is 5.79. The van der Waals surface area contributed by atoms with Gasteiger partial charge in [-0.2, -0.15) is 5.10 Å². The lowest BCUT2D eigenvalue weighted by Gasteiger charge is -2.50. The normalized spacial score (nSPS) is 27.5. The Morgan fingerprint density at radius 2 is 2.02 bits per heavy atom. The molecule has 220 valence electrons. The minimum absolute atomic E-state index is 0.0414. The van der Waals surface area contributed by atoms with Crippen molar-refractivity contribution in [1.29, 1.82) is 5.41 Å². The number of carbonyl (C=O) groups is 2. The van der Waals surface area contributed by atoms with E-state index in [1.54, 1.807) is 6.92 Å². The Morgan fingerprint density at radius 1 is 1.29 bits per heavy atom. The molecule has 14 nitrogen and oxygen atoms in total. The molecule has 7 atom stereocenters. The number of nitrogens with zero attached hydrogens (tertiary/aromatic N) is 1. The van der Waals surface area contributed by atoms with Gasteiger partial charge in [-0.3, -0.25) is 14.4 Å². The third-order valence-electron chi connectivity index (χ3n) is 7.61. The summed E-state index contributed by atoms with van der Waals surface area (Å²) >= 11 is 0. The zero-order valence-corrected chi connectivity index (χ0v) is 22.6. The highest BCUT2D eigenvalue weighted by Gasteiger charge is 2.58. The van der Waals surface area contributed by atoms with E-state index in [-0.39, 0.29) is 64.0 Å². The molecule has 2 aromatic carbocycles. The van der Waals surface area contributed by atoms with Gasteiger partial charge in [-0.25, -0.2) is 5.10 Å². The molecule has 2 aliphatic rings. The van der Waals surface area contributed by atoms with Gasteiger partial charge in [0.25, 0.3) is 0 Å². The van der Waals surface area contributed by atoms with E-state index in [0.29, 0.717) is 0 Å². The van der Waals surface area contributed by atoms with Crippen LogP contribution in [0.4, 0.5) is 0 Å². The highest BCUT2D eigenvalue weighted by Crippen LogP contribution is 2.47. The number of hydrogen-bond acceptors (Lipinski definition) is 12. The Morgan fingerprint density at radius 3 is 2.71 bits per heavy atom. The molecule has 0 bridgehead atoms. The first-order chi connectivity index (χ1) is 19.3. The summed E-state index contributed by atoms with van der Waals surface area (Å²) in [6.45, 7) is 4.01. The molecule has 2 aliphatic heterocycles. The van der Waals surface area contributed by atoms with Crippen LogP contribution in [0.15, 0.2) is 16.9 Å². The number of aromatic hydroxyl groups is 1. The van der Waals surface area contributed by atoms with Gasteiger partial charge >= 0.3 is 5.97 Å². The predicted octanol–water partition coefficient (Wildman–Crippen LogP) is -0.857. The van der Waals surface area contributed by atoms with Crippen LogP contribution in [0.2, 0.25) is 0 Å². The predicted molar refractivity (Wildman–Crippen MR) is 141 cm³/mol. The summed E-state index contributed by atoms with van der Waals surface area (Å²) in [6.07, 6.45) is -6.92. The summed E-state index contributed by atoms with van der Waals surface area (Å²) in [5.41, 5.74) is -0.181. The molecule has 0 saturated carbocycles. The number of fused-ring (bicyclic) bond motifs is 3. The van der Waals surface area contributed by atoms with Crippen LogP contribution < -0.4 is 16.1 Å². The molecule has 14 heteroatoms. The first-order valence-corrected chi connectivity index (χ1v) is 13.2. The molecule has 1 fully saturated rings. The Kier molecular flexibility index (Phi) is 7.46. The Bertz CT molecular complexity index is 1620. The van der Waals surface area contributed by atoms with E-state index in [0.717, 1.165) is 0 Å². The lowest BCUT2D eigenvalue weighted by atomic mass is 9.80. The quantitative estimate of drug-likeness (QED) is 0.180. The van der Waals surface area contributed by atoms with E-state index in [9.17, 15) is 34.8 Å². The van der Waals surface area contributed by atoms with Crippen molar-refractivity contribution < 1.29 is 44.2 Å². The van der Waals surface area contributed by atoms with Crippen LogP contribution in [-0.4, -0.2) is 85.7 Å². The lowest BCUT2D eigenvalue weighted by Crippen LogP contribution is -2.62. The zero-order chi connectivity index (χ0) is 29.8. The first kappa shape index (κ1) is 28.8. The molecule has 0 aliphatic carbocycles. The maximum atomic E-state index is 14.1. The van der Waals surface area contributed by atoms with Crippen molar-refractivity contribution in [2.24, 2.45) is 0 Å². The molecule has 3 aromatic rings. The molecule has 1 spiro atoms. The summed E-state index contributed by atoms with van der Waals surface area (Å²) in [4.78, 5) is 38.9. The van der Waals surface area contributed by atoms with Gasteiger partial charge in [0.1, 0.15) is 12.2 Å². The Hall–Kier alpha value is -3.69. The van der Waals surface area contributed by atoms with Crippen LogP contribution in [0, 0.1) is 5.41 Å². The first-order valence-electron chi connectivity index (χ1n) is 13.2. The fourth-order valence-corrected chi connectivity index (χ4v) is 5.79. The number of aliphatic hydroxyl groups is 3. The number of hydrogen-bond donors (Lipinski definition) is 7. The summed E-state index contributed by atoms with van der Waals surface area (Å²) in [7, 11) is 0. The second kappa shape index (κ2) is 10.6. The molecular weight excluding hydrogens is 540 g/mol. The van der Waals surface area contributed by atoms with Gasteiger partial charge in [-0.05, 0) is 31.5 Å². The average Bonchev–Trinajstić information content (AvgIpc) is 2.89. The van der Waals surface area contributed by atoms with Crippen molar-refractivity contribution in [3.8, 4) is 5.88 Å². The van der Waals surface area contributed by atoms with Crippen molar-refractivity contribution in [2.75, 3.05) is 6.54 Å². The molecule has 1 saturated heterocycles. The fraction of sp³-hybridized carbons (Fsp3) is 0.519. The number of rotatable bonds is 6. The zero-order valence-electron chi connectivity index (χ0n) is 22.6. The van der Waals surface area contributed by atoms with Crippen molar-refractivity contribution in [1.82, 2.24) is 15.5 Å². The van der Waals surface area contributed by atoms with Gasteiger partial charge in [0.2, 0.25) is 17.6 Å². The third kappa shape index (κ3) is 4.91. The number of amides is 1. The number of nitrogens with one attached hydrogen (secondary N) is 3. The SMILES string of the molecule is CC(=O)OC1CC(C)OC2(OC(CC(=O)NCC(O)C(C)O)Cc3c2c(=O)c2ccc(=N)c4c(O)[nH]nc3c24)C1O. The van der Waals surface area contributed by atoms with Crippen molar-refractivity contribution >= 4 is 33.6 Å². The summed E-state index contributed by atoms with van der Waals surface area (Å²) in [5, 5.41) is 59.4. The number of esters is 1. The molecule has 41 heavy (non-hydrogen) atoms. The lowest BCUT2D eigenvalue weighted by molar-refractivity contribution is -0.365. The molecule has 5 rings (SSSR count). The summed E-state index contributed by atoms with van der Waals surface area (Å²) < 4.78 is 17.9. The van der Waals surface area contributed by atoms with Crippen LogP contribution in [0.1, 0.15) is 44.7 Å². The maximum absolute atomic E-state index is 14.1. The summed E-state index contributed by atoms with van der Waals surface area (Å²) in [6, 6.07) is 2.77. The van der Waals surface area contributed by atoms with Crippen LogP contribution in [-0.2, 0) is 36.0 Å². The standard InChI is InChI=1S/C27H32N4O10/c1-10-6-18(39-12(3)33)25(37)27(40-10)22-15(7-13(41-27)8-19(35)29-9-17(34)11(2)32)23-20-14(24(22)36)4-5-16(28)21(20)26(38)31-30-23/h4-5,10-11,13,17-18,25,28,31-32,34,37-38H,6-9H2,1-3H3,(H,29,35). The van der Waals surface area contributed by atoms with Crippen molar-refractivity contribution in [3.63, 3.8) is 0 Å². The van der Waals surface area contributed by atoms with Gasteiger partial charge in [0.15, 0.2) is 5.43 Å². The Labute approximate surface area is 232 Å². The molecule has 0 radical (unpaired) electrons. The number of ether oxygens (including phenoxy) is 3. The van der Waals surface area contributed by atoms with Crippen LogP contribution >= 0.6 is 0 Å². The maximum Gasteiger partial charge on any atom is 0.303 e. The van der Waals surface area contributed by atoms with Gasteiger partial charge in [0, 0.05) is 37.1 Å².